The molecule has 2 aromatic carbocycles. The third-order valence-electron chi connectivity index (χ3n) is 3.11. The number of H-pyrrole nitrogens is 1. The fourth-order valence-corrected chi connectivity index (χ4v) is 2.37. The van der Waals surface area contributed by atoms with Crippen LogP contribution in [0.4, 0.5) is 0 Å². The van der Waals surface area contributed by atoms with Crippen LogP contribution in [0.5, 0.6) is 0 Å². The van der Waals surface area contributed by atoms with Gasteiger partial charge in [-0.2, -0.15) is 0 Å². The molecule has 1 aromatic heterocycles. The first-order valence-corrected chi connectivity index (χ1v) is 5.88. The molecule has 1 nitrogen and oxygen atoms in total. The zero-order valence-electron chi connectivity index (χ0n) is 10.1. The highest BCUT2D eigenvalue weighted by atomic mass is 14.7. The molecule has 3 aromatic rings. The Balaban J connectivity index is 2.19. The Morgan fingerprint density at radius 1 is 0.765 bits per heavy atom. The molecule has 3 rings (SSSR count). The largest absolute Gasteiger partial charge is 0.361 e. The van der Waals surface area contributed by atoms with E-state index in [1.807, 2.05) is 6.20 Å². The number of hydrogen-bond acceptors (Lipinski definition) is 0. The summed E-state index contributed by atoms with van der Waals surface area (Å²) >= 11 is 0. The van der Waals surface area contributed by atoms with Gasteiger partial charge in [-0.25, -0.2) is 0 Å². The molecule has 84 valence electrons. The minimum absolute atomic E-state index is 1.19. The summed E-state index contributed by atoms with van der Waals surface area (Å²) in [4.78, 5) is 3.22. The number of aromatic nitrogens is 1. The molecule has 0 aliphatic rings. The molecule has 1 N–H and O–H groups in total. The van der Waals surface area contributed by atoms with Crippen molar-refractivity contribution >= 4 is 10.9 Å². The first kappa shape index (κ1) is 10.2. The average Bonchev–Trinajstić information content (AvgIpc) is 2.74. The number of aromatic amines is 1. The van der Waals surface area contributed by atoms with Crippen LogP contribution in [0.1, 0.15) is 11.1 Å². The molecule has 1 heteroatoms. The molecule has 0 atom stereocenters. The lowest BCUT2D eigenvalue weighted by molar-refractivity contribution is 1.38. The molecule has 0 spiro atoms. The van der Waals surface area contributed by atoms with Gasteiger partial charge in [-0.15, -0.1) is 0 Å². The molecule has 0 radical (unpaired) electrons. The Bertz CT molecular complexity index is 657. The van der Waals surface area contributed by atoms with Crippen molar-refractivity contribution in [1.82, 2.24) is 4.98 Å². The molecule has 1 heterocycles. The zero-order chi connectivity index (χ0) is 11.8. The lowest BCUT2D eigenvalue weighted by Gasteiger charge is -2.05. The normalized spacial score (nSPS) is 10.9. The maximum atomic E-state index is 3.22. The van der Waals surface area contributed by atoms with Crippen LogP contribution in [0.3, 0.4) is 0 Å². The Morgan fingerprint density at radius 3 is 2.29 bits per heavy atom. The molecule has 0 fully saturated rings. The van der Waals surface area contributed by atoms with E-state index in [2.05, 4.69) is 61.3 Å². The maximum absolute atomic E-state index is 3.22. The summed E-state index contributed by atoms with van der Waals surface area (Å²) in [5.41, 5.74) is 6.40. The van der Waals surface area contributed by atoms with Gasteiger partial charge in [0.25, 0.3) is 0 Å². The molecule has 0 saturated carbocycles. The van der Waals surface area contributed by atoms with Crippen LogP contribution in [-0.4, -0.2) is 4.98 Å². The van der Waals surface area contributed by atoms with Crippen molar-refractivity contribution in [2.24, 2.45) is 0 Å². The van der Waals surface area contributed by atoms with Gasteiger partial charge in [-0.1, -0.05) is 35.4 Å². The predicted octanol–water partition coefficient (Wildman–Crippen LogP) is 4.45. The molecule has 0 bridgehead atoms. The number of aryl methyl sites for hydroxylation is 2. The van der Waals surface area contributed by atoms with E-state index in [1.165, 1.54) is 33.2 Å². The SMILES string of the molecule is Cc1cc(C)cc(-c2ccc3[nH]ccc3c2)c1. The van der Waals surface area contributed by atoms with Crippen molar-refractivity contribution in [3.05, 3.63) is 59.8 Å². The lowest BCUT2D eigenvalue weighted by atomic mass is 10.00. The summed E-state index contributed by atoms with van der Waals surface area (Å²) in [6.45, 7) is 4.29. The van der Waals surface area contributed by atoms with E-state index in [0.29, 0.717) is 0 Å². The van der Waals surface area contributed by atoms with E-state index in [4.69, 9.17) is 0 Å². The summed E-state index contributed by atoms with van der Waals surface area (Å²) in [6, 6.07) is 15.3. The molecule has 0 aliphatic carbocycles. The van der Waals surface area contributed by atoms with E-state index >= 15 is 0 Å². The average molecular weight is 221 g/mol. The molecule has 0 aliphatic heterocycles. The van der Waals surface area contributed by atoms with Crippen LogP contribution >= 0.6 is 0 Å². The van der Waals surface area contributed by atoms with Crippen LogP contribution in [0.15, 0.2) is 48.7 Å². The second kappa shape index (κ2) is 3.77. The Kier molecular flexibility index (Phi) is 2.25. The van der Waals surface area contributed by atoms with Crippen molar-refractivity contribution in [2.75, 3.05) is 0 Å². The zero-order valence-corrected chi connectivity index (χ0v) is 10.1. The Labute approximate surface area is 101 Å². The number of benzene rings is 2. The number of rotatable bonds is 1. The van der Waals surface area contributed by atoms with Gasteiger partial charge in [0.15, 0.2) is 0 Å². The van der Waals surface area contributed by atoms with Crippen molar-refractivity contribution in [2.45, 2.75) is 13.8 Å². The monoisotopic (exact) mass is 221 g/mol. The first-order chi connectivity index (χ1) is 8.22. The van der Waals surface area contributed by atoms with E-state index in [-0.39, 0.29) is 0 Å². The smallest absolute Gasteiger partial charge is 0.0454 e. The molecular weight excluding hydrogens is 206 g/mol. The molecule has 0 unspecified atom stereocenters. The highest BCUT2D eigenvalue weighted by molar-refractivity contribution is 5.85. The number of hydrogen-bond donors (Lipinski definition) is 1. The summed E-state index contributed by atoms with van der Waals surface area (Å²) in [5, 5.41) is 1.27. The van der Waals surface area contributed by atoms with Crippen molar-refractivity contribution < 1.29 is 0 Å². The van der Waals surface area contributed by atoms with Gasteiger partial charge in [0.2, 0.25) is 0 Å². The van der Waals surface area contributed by atoms with Crippen LogP contribution in [0.25, 0.3) is 22.0 Å². The fourth-order valence-electron chi connectivity index (χ4n) is 2.37. The minimum Gasteiger partial charge on any atom is -0.361 e. The van der Waals surface area contributed by atoms with Gasteiger partial charge in [-0.05, 0) is 48.6 Å². The van der Waals surface area contributed by atoms with Crippen LogP contribution < -0.4 is 0 Å². The van der Waals surface area contributed by atoms with E-state index < -0.39 is 0 Å². The summed E-state index contributed by atoms with van der Waals surface area (Å²) < 4.78 is 0. The van der Waals surface area contributed by atoms with Crippen LogP contribution in [-0.2, 0) is 0 Å². The molecular formula is C16H15N. The minimum atomic E-state index is 1.19. The fraction of sp³-hybridized carbons (Fsp3) is 0.125. The van der Waals surface area contributed by atoms with Gasteiger partial charge < -0.3 is 4.98 Å². The summed E-state index contributed by atoms with van der Waals surface area (Å²) in [6.07, 6.45) is 1.98. The third-order valence-corrected chi connectivity index (χ3v) is 3.11. The predicted molar refractivity (Wildman–Crippen MR) is 73.2 cm³/mol. The van der Waals surface area contributed by atoms with Gasteiger partial charge in [0.1, 0.15) is 0 Å². The van der Waals surface area contributed by atoms with Gasteiger partial charge in [-0.3, -0.25) is 0 Å². The molecule has 0 amide bonds. The van der Waals surface area contributed by atoms with Crippen LogP contribution in [0, 0.1) is 13.8 Å². The van der Waals surface area contributed by atoms with Crippen molar-refractivity contribution in [3.63, 3.8) is 0 Å². The first-order valence-electron chi connectivity index (χ1n) is 5.88. The highest BCUT2D eigenvalue weighted by Crippen LogP contribution is 2.25. The van der Waals surface area contributed by atoms with Crippen molar-refractivity contribution in [3.8, 4) is 11.1 Å². The van der Waals surface area contributed by atoms with Gasteiger partial charge in [0, 0.05) is 11.7 Å². The molecule has 17 heavy (non-hydrogen) atoms. The second-order valence-corrected chi connectivity index (χ2v) is 4.66. The Morgan fingerprint density at radius 2 is 1.53 bits per heavy atom. The number of nitrogens with one attached hydrogen (secondary N) is 1. The highest BCUT2D eigenvalue weighted by Gasteiger charge is 2.01. The topological polar surface area (TPSA) is 15.8 Å². The van der Waals surface area contributed by atoms with Gasteiger partial charge in [0.05, 0.1) is 0 Å². The number of fused-ring (bicyclic) bond motifs is 1. The van der Waals surface area contributed by atoms with Crippen LogP contribution in [0.2, 0.25) is 0 Å². The van der Waals surface area contributed by atoms with E-state index in [9.17, 15) is 0 Å². The van der Waals surface area contributed by atoms with E-state index in [0.717, 1.165) is 0 Å². The summed E-state index contributed by atoms with van der Waals surface area (Å²) in [5.74, 6) is 0. The Hall–Kier alpha value is -2.02. The van der Waals surface area contributed by atoms with E-state index in [1.54, 1.807) is 0 Å². The van der Waals surface area contributed by atoms with Crippen molar-refractivity contribution in [1.29, 1.82) is 0 Å². The third kappa shape index (κ3) is 1.84. The molecule has 0 saturated heterocycles. The quantitative estimate of drug-likeness (QED) is 0.624. The maximum Gasteiger partial charge on any atom is 0.0454 e. The second-order valence-electron chi connectivity index (χ2n) is 4.66. The summed E-state index contributed by atoms with van der Waals surface area (Å²) in [7, 11) is 0. The van der Waals surface area contributed by atoms with Gasteiger partial charge >= 0.3 is 0 Å². The lowest BCUT2D eigenvalue weighted by Crippen LogP contribution is -1.82. The standard InChI is InChI=1S/C16H15N/c1-11-7-12(2)9-15(8-11)13-3-4-16-14(10-13)5-6-17-16/h3-10,17H,1-2H3.